The Morgan fingerprint density at radius 1 is 1.07 bits per heavy atom. The lowest BCUT2D eigenvalue weighted by molar-refractivity contribution is -0.119. The molecule has 1 atom stereocenters. The minimum absolute atomic E-state index is 0.0473. The van der Waals surface area contributed by atoms with Crippen LogP contribution >= 0.6 is 0 Å². The van der Waals surface area contributed by atoms with Crippen molar-refractivity contribution in [2.24, 2.45) is 0 Å². The molecule has 0 spiro atoms. The van der Waals surface area contributed by atoms with Crippen LogP contribution in [0.2, 0.25) is 0 Å². The third kappa shape index (κ3) is 3.22. The summed E-state index contributed by atoms with van der Waals surface area (Å²) in [6, 6.07) is 14.6. The first-order chi connectivity index (χ1) is 14.6. The normalized spacial score (nSPS) is 18.7. The van der Waals surface area contributed by atoms with Crippen molar-refractivity contribution in [2.45, 2.75) is 31.6 Å². The standard InChI is InChI=1S/C24H22N2O4/c1-29-16-10-11-17(22(12-16)30-2)18-13-23(28)26(19-7-4-3-6-15(19)14-25)20-8-5-9-21(27)24(18)20/h3-4,6-7,10-12,18H,5,8-9,13H2,1-2H3. The van der Waals surface area contributed by atoms with Crippen LogP contribution in [0.25, 0.3) is 0 Å². The Balaban J connectivity index is 1.90. The van der Waals surface area contributed by atoms with Gasteiger partial charge in [0.15, 0.2) is 5.78 Å². The lowest BCUT2D eigenvalue weighted by Gasteiger charge is -2.38. The van der Waals surface area contributed by atoms with Gasteiger partial charge in [-0.25, -0.2) is 0 Å². The number of carbonyl (C=O) groups excluding carboxylic acids is 2. The molecule has 0 fully saturated rings. The van der Waals surface area contributed by atoms with Crippen LogP contribution in [-0.2, 0) is 9.59 Å². The molecule has 0 saturated heterocycles. The van der Waals surface area contributed by atoms with Gasteiger partial charge in [0.1, 0.15) is 17.6 Å². The number of rotatable bonds is 4. The summed E-state index contributed by atoms with van der Waals surface area (Å²) >= 11 is 0. The van der Waals surface area contributed by atoms with Gasteiger partial charge in [-0.1, -0.05) is 18.2 Å². The molecule has 2 aliphatic rings. The van der Waals surface area contributed by atoms with Crippen LogP contribution < -0.4 is 14.4 Å². The topological polar surface area (TPSA) is 79.6 Å². The highest BCUT2D eigenvalue weighted by atomic mass is 16.5. The fourth-order valence-electron chi connectivity index (χ4n) is 4.41. The van der Waals surface area contributed by atoms with E-state index in [9.17, 15) is 14.9 Å². The quantitative estimate of drug-likeness (QED) is 0.769. The highest BCUT2D eigenvalue weighted by molar-refractivity contribution is 6.08. The number of hydrogen-bond donors (Lipinski definition) is 0. The molecule has 2 aromatic carbocycles. The minimum Gasteiger partial charge on any atom is -0.497 e. The third-order valence-corrected chi connectivity index (χ3v) is 5.76. The van der Waals surface area contributed by atoms with Gasteiger partial charge in [-0.05, 0) is 31.0 Å². The Kier molecular flexibility index (Phi) is 5.28. The molecule has 2 aromatic rings. The summed E-state index contributed by atoms with van der Waals surface area (Å²) in [6.07, 6.45) is 1.88. The number of hydrogen-bond acceptors (Lipinski definition) is 5. The smallest absolute Gasteiger partial charge is 0.232 e. The van der Waals surface area contributed by atoms with Gasteiger partial charge in [0, 0.05) is 41.7 Å². The molecular formula is C24H22N2O4. The van der Waals surface area contributed by atoms with Gasteiger partial charge in [-0.2, -0.15) is 5.26 Å². The average Bonchev–Trinajstić information content (AvgIpc) is 2.78. The monoisotopic (exact) mass is 402 g/mol. The van der Waals surface area contributed by atoms with Crippen molar-refractivity contribution in [3.8, 4) is 17.6 Å². The maximum absolute atomic E-state index is 13.3. The molecule has 4 rings (SSSR count). The number of carbonyl (C=O) groups is 2. The van der Waals surface area contributed by atoms with E-state index in [1.165, 1.54) is 0 Å². The molecule has 0 bridgehead atoms. The zero-order chi connectivity index (χ0) is 21.3. The number of Topliss-reactive ketones (excluding diaryl/α,β-unsaturated/α-hetero) is 1. The minimum atomic E-state index is -0.383. The second-order valence-corrected chi connectivity index (χ2v) is 7.36. The Labute approximate surface area is 175 Å². The average molecular weight is 402 g/mol. The van der Waals surface area contributed by atoms with Gasteiger partial charge in [-0.15, -0.1) is 0 Å². The van der Waals surface area contributed by atoms with Crippen LogP contribution in [0.5, 0.6) is 11.5 Å². The first kappa shape index (κ1) is 19.7. The summed E-state index contributed by atoms with van der Waals surface area (Å²) in [6.45, 7) is 0. The van der Waals surface area contributed by atoms with Crippen molar-refractivity contribution in [1.29, 1.82) is 5.26 Å². The van der Waals surface area contributed by atoms with Crippen molar-refractivity contribution in [1.82, 2.24) is 0 Å². The predicted molar refractivity (Wildman–Crippen MR) is 111 cm³/mol. The zero-order valence-electron chi connectivity index (χ0n) is 17.0. The summed E-state index contributed by atoms with van der Waals surface area (Å²) in [5, 5.41) is 9.53. The van der Waals surface area contributed by atoms with Crippen molar-refractivity contribution < 1.29 is 19.1 Å². The van der Waals surface area contributed by atoms with Crippen LogP contribution in [0, 0.1) is 11.3 Å². The van der Waals surface area contributed by atoms with Gasteiger partial charge in [0.05, 0.1) is 25.5 Å². The summed E-state index contributed by atoms with van der Waals surface area (Å²) in [7, 11) is 3.14. The molecule has 1 amide bonds. The molecule has 0 aromatic heterocycles. The van der Waals surface area contributed by atoms with Gasteiger partial charge < -0.3 is 9.47 Å². The maximum Gasteiger partial charge on any atom is 0.232 e. The molecule has 6 heteroatoms. The van der Waals surface area contributed by atoms with Crippen molar-refractivity contribution in [2.75, 3.05) is 19.1 Å². The Bertz CT molecular complexity index is 1100. The van der Waals surface area contributed by atoms with Crippen molar-refractivity contribution in [3.05, 3.63) is 64.9 Å². The highest BCUT2D eigenvalue weighted by Crippen LogP contribution is 2.46. The lowest BCUT2D eigenvalue weighted by atomic mass is 9.76. The van der Waals surface area contributed by atoms with E-state index in [4.69, 9.17) is 9.47 Å². The van der Waals surface area contributed by atoms with E-state index in [1.807, 2.05) is 12.1 Å². The second-order valence-electron chi connectivity index (χ2n) is 7.36. The number of anilines is 1. The Hall–Kier alpha value is -3.59. The molecule has 1 aliphatic carbocycles. The van der Waals surface area contributed by atoms with E-state index in [-0.39, 0.29) is 24.0 Å². The van der Waals surface area contributed by atoms with E-state index >= 15 is 0 Å². The number of benzene rings is 2. The number of nitrogens with zero attached hydrogens (tertiary/aromatic N) is 2. The molecule has 0 saturated carbocycles. The van der Waals surface area contributed by atoms with Gasteiger partial charge in [-0.3, -0.25) is 14.5 Å². The van der Waals surface area contributed by atoms with Gasteiger partial charge in [0.25, 0.3) is 0 Å². The Morgan fingerprint density at radius 2 is 1.87 bits per heavy atom. The number of nitriles is 1. The number of ether oxygens (including phenoxy) is 2. The largest absolute Gasteiger partial charge is 0.497 e. The summed E-state index contributed by atoms with van der Waals surface area (Å²) in [5.41, 5.74) is 3.09. The van der Waals surface area contributed by atoms with Crippen LogP contribution in [0.3, 0.4) is 0 Å². The number of ketones is 1. The van der Waals surface area contributed by atoms with Gasteiger partial charge in [0.2, 0.25) is 5.91 Å². The number of amides is 1. The first-order valence-electron chi connectivity index (χ1n) is 9.89. The SMILES string of the molecule is COc1ccc(C2CC(=O)N(c3ccccc3C#N)C3=C2C(=O)CCC3)c(OC)c1. The second kappa shape index (κ2) is 8.03. The van der Waals surface area contributed by atoms with Crippen LogP contribution in [0.15, 0.2) is 53.7 Å². The zero-order valence-corrected chi connectivity index (χ0v) is 17.0. The molecule has 1 unspecified atom stereocenters. The number of methoxy groups -OCH3 is 2. The van der Waals surface area contributed by atoms with E-state index in [2.05, 4.69) is 6.07 Å². The molecule has 1 heterocycles. The maximum atomic E-state index is 13.3. The van der Waals surface area contributed by atoms with E-state index in [0.717, 1.165) is 5.56 Å². The van der Waals surface area contributed by atoms with Crippen molar-refractivity contribution in [3.63, 3.8) is 0 Å². The molecule has 30 heavy (non-hydrogen) atoms. The fourth-order valence-corrected chi connectivity index (χ4v) is 4.41. The van der Waals surface area contributed by atoms with E-state index < -0.39 is 0 Å². The molecule has 6 nitrogen and oxygen atoms in total. The molecular weight excluding hydrogens is 380 g/mol. The number of para-hydroxylation sites is 1. The van der Waals surface area contributed by atoms with Crippen LogP contribution in [-0.4, -0.2) is 25.9 Å². The van der Waals surface area contributed by atoms with Crippen LogP contribution in [0.1, 0.15) is 42.7 Å². The molecule has 1 aliphatic heterocycles. The predicted octanol–water partition coefficient (Wildman–Crippen LogP) is 4.10. The summed E-state index contributed by atoms with van der Waals surface area (Å²) in [5.74, 6) is 0.765. The summed E-state index contributed by atoms with van der Waals surface area (Å²) in [4.78, 5) is 28.0. The Morgan fingerprint density at radius 3 is 2.60 bits per heavy atom. The first-order valence-corrected chi connectivity index (χ1v) is 9.89. The third-order valence-electron chi connectivity index (χ3n) is 5.76. The fraction of sp³-hybridized carbons (Fsp3) is 0.292. The highest BCUT2D eigenvalue weighted by Gasteiger charge is 2.41. The van der Waals surface area contributed by atoms with Crippen molar-refractivity contribution >= 4 is 17.4 Å². The summed E-state index contributed by atoms with van der Waals surface area (Å²) < 4.78 is 10.8. The number of allylic oxidation sites excluding steroid dienone is 2. The van der Waals surface area contributed by atoms with Crippen LogP contribution in [0.4, 0.5) is 5.69 Å². The van der Waals surface area contributed by atoms with E-state index in [1.54, 1.807) is 49.5 Å². The lowest BCUT2D eigenvalue weighted by Crippen LogP contribution is -2.41. The molecule has 0 N–H and O–H groups in total. The molecule has 0 radical (unpaired) electrons. The molecule has 152 valence electrons. The van der Waals surface area contributed by atoms with E-state index in [0.29, 0.717) is 53.3 Å². The van der Waals surface area contributed by atoms with Gasteiger partial charge >= 0.3 is 0 Å².